The van der Waals surface area contributed by atoms with Crippen molar-refractivity contribution in [2.24, 2.45) is 0 Å². The summed E-state index contributed by atoms with van der Waals surface area (Å²) >= 11 is 1.83. The molecule has 1 atom stereocenters. The van der Waals surface area contributed by atoms with Crippen LogP contribution in [0.15, 0.2) is 47.4 Å². The maximum Gasteiger partial charge on any atom is 0.339 e. The number of ether oxygens (including phenoxy) is 1. The molecule has 0 fully saturated rings. The summed E-state index contributed by atoms with van der Waals surface area (Å²) < 4.78 is 5.83. The summed E-state index contributed by atoms with van der Waals surface area (Å²) in [7, 11) is 0. The quantitative estimate of drug-likeness (QED) is 0.928. The van der Waals surface area contributed by atoms with Gasteiger partial charge in [-0.2, -0.15) is 0 Å². The first kappa shape index (κ1) is 14.0. The van der Waals surface area contributed by atoms with Gasteiger partial charge >= 0.3 is 5.97 Å². The molecule has 4 heteroatoms. The molecule has 108 valence electrons. The Hall–Kier alpha value is -1.94. The Labute approximate surface area is 127 Å². The Morgan fingerprint density at radius 1 is 1.33 bits per heavy atom. The molecule has 1 aliphatic heterocycles. The lowest BCUT2D eigenvalue weighted by Crippen LogP contribution is -2.12. The standard InChI is InChI=1S/C17H16O3S/c1-11-6-7-14(17(18)19)15(8-11)20-9-12-10-21-16-5-3-2-4-13(12)16/h2-8,12H,9-10H2,1H3,(H,18,19). The zero-order valence-electron chi connectivity index (χ0n) is 11.7. The van der Waals surface area contributed by atoms with Crippen LogP contribution in [0, 0.1) is 6.92 Å². The van der Waals surface area contributed by atoms with Crippen LogP contribution in [0.5, 0.6) is 5.75 Å². The summed E-state index contributed by atoms with van der Waals surface area (Å²) in [5.41, 5.74) is 2.52. The van der Waals surface area contributed by atoms with Crippen LogP contribution in [0.2, 0.25) is 0 Å². The fraction of sp³-hybridized carbons (Fsp3) is 0.235. The lowest BCUT2D eigenvalue weighted by Gasteiger charge is -2.14. The van der Waals surface area contributed by atoms with Crippen molar-refractivity contribution in [3.63, 3.8) is 0 Å². The molecule has 2 aromatic rings. The van der Waals surface area contributed by atoms with E-state index in [0.29, 0.717) is 18.3 Å². The van der Waals surface area contributed by atoms with E-state index in [1.165, 1.54) is 10.5 Å². The molecule has 0 bridgehead atoms. The highest BCUT2D eigenvalue weighted by Gasteiger charge is 2.24. The first-order valence-electron chi connectivity index (χ1n) is 6.83. The molecule has 1 aliphatic rings. The van der Waals surface area contributed by atoms with Crippen molar-refractivity contribution in [3.05, 3.63) is 59.2 Å². The molecule has 1 N–H and O–H groups in total. The van der Waals surface area contributed by atoms with Crippen molar-refractivity contribution < 1.29 is 14.6 Å². The number of thioether (sulfide) groups is 1. The second kappa shape index (κ2) is 5.82. The van der Waals surface area contributed by atoms with Gasteiger partial charge in [-0.3, -0.25) is 0 Å². The number of hydrogen-bond donors (Lipinski definition) is 1. The second-order valence-corrected chi connectivity index (χ2v) is 6.22. The topological polar surface area (TPSA) is 46.5 Å². The zero-order chi connectivity index (χ0) is 14.8. The lowest BCUT2D eigenvalue weighted by molar-refractivity contribution is 0.0692. The van der Waals surface area contributed by atoms with Gasteiger partial charge in [0.25, 0.3) is 0 Å². The number of aromatic carboxylic acids is 1. The molecule has 2 aromatic carbocycles. The van der Waals surface area contributed by atoms with Gasteiger partial charge in [0.1, 0.15) is 11.3 Å². The molecule has 1 heterocycles. The second-order valence-electron chi connectivity index (χ2n) is 5.16. The summed E-state index contributed by atoms with van der Waals surface area (Å²) in [6, 6.07) is 13.5. The van der Waals surface area contributed by atoms with Crippen LogP contribution in [0.25, 0.3) is 0 Å². The van der Waals surface area contributed by atoms with Gasteiger partial charge in [-0.15, -0.1) is 11.8 Å². The maximum atomic E-state index is 11.2. The monoisotopic (exact) mass is 300 g/mol. The molecule has 3 nitrogen and oxygen atoms in total. The van der Waals surface area contributed by atoms with Gasteiger partial charge in [0.15, 0.2) is 0 Å². The molecule has 0 spiro atoms. The molecular formula is C17H16O3S. The fourth-order valence-corrected chi connectivity index (χ4v) is 3.72. The molecule has 0 aromatic heterocycles. The SMILES string of the molecule is Cc1ccc(C(=O)O)c(OCC2CSc3ccccc32)c1. The Morgan fingerprint density at radius 2 is 2.14 bits per heavy atom. The number of fused-ring (bicyclic) bond motifs is 1. The van der Waals surface area contributed by atoms with E-state index in [4.69, 9.17) is 4.74 Å². The van der Waals surface area contributed by atoms with E-state index in [0.717, 1.165) is 11.3 Å². The molecule has 0 saturated carbocycles. The van der Waals surface area contributed by atoms with Crippen molar-refractivity contribution in [1.82, 2.24) is 0 Å². The zero-order valence-corrected chi connectivity index (χ0v) is 12.5. The van der Waals surface area contributed by atoms with E-state index in [1.807, 2.05) is 30.8 Å². The van der Waals surface area contributed by atoms with Gasteiger partial charge in [0.2, 0.25) is 0 Å². The van der Waals surface area contributed by atoms with Crippen molar-refractivity contribution >= 4 is 17.7 Å². The number of benzene rings is 2. The van der Waals surface area contributed by atoms with Crippen LogP contribution in [-0.4, -0.2) is 23.4 Å². The largest absolute Gasteiger partial charge is 0.492 e. The summed E-state index contributed by atoms with van der Waals surface area (Å²) in [6.45, 7) is 2.44. The molecular weight excluding hydrogens is 284 g/mol. The van der Waals surface area contributed by atoms with Crippen LogP contribution in [-0.2, 0) is 0 Å². The van der Waals surface area contributed by atoms with Gasteiger partial charge < -0.3 is 9.84 Å². The third-order valence-corrected chi connectivity index (χ3v) is 4.86. The average Bonchev–Trinajstić information content (AvgIpc) is 2.88. The smallest absolute Gasteiger partial charge is 0.339 e. The van der Waals surface area contributed by atoms with Crippen LogP contribution in [0.1, 0.15) is 27.4 Å². The summed E-state index contributed by atoms with van der Waals surface area (Å²) in [5, 5.41) is 9.22. The third-order valence-electron chi connectivity index (χ3n) is 3.61. The summed E-state index contributed by atoms with van der Waals surface area (Å²) in [5.74, 6) is 0.796. The molecule has 0 aliphatic carbocycles. The molecule has 21 heavy (non-hydrogen) atoms. The molecule has 3 rings (SSSR count). The highest BCUT2D eigenvalue weighted by Crippen LogP contribution is 2.39. The first-order valence-corrected chi connectivity index (χ1v) is 7.82. The van der Waals surface area contributed by atoms with E-state index in [1.54, 1.807) is 18.2 Å². The van der Waals surface area contributed by atoms with Gasteiger partial charge in [0, 0.05) is 16.6 Å². The predicted molar refractivity (Wildman–Crippen MR) is 83.5 cm³/mol. The predicted octanol–water partition coefficient (Wildman–Crippen LogP) is 3.96. The maximum absolute atomic E-state index is 11.2. The van der Waals surface area contributed by atoms with E-state index < -0.39 is 5.97 Å². The van der Waals surface area contributed by atoms with Crippen molar-refractivity contribution in [3.8, 4) is 5.75 Å². The van der Waals surface area contributed by atoms with Crippen LogP contribution < -0.4 is 4.74 Å². The molecule has 0 saturated heterocycles. The number of hydrogen-bond acceptors (Lipinski definition) is 3. The lowest BCUT2D eigenvalue weighted by atomic mass is 10.0. The number of aryl methyl sites for hydroxylation is 1. The van der Waals surface area contributed by atoms with Crippen LogP contribution in [0.4, 0.5) is 0 Å². The van der Waals surface area contributed by atoms with Crippen LogP contribution in [0.3, 0.4) is 0 Å². The molecule has 0 amide bonds. The van der Waals surface area contributed by atoms with E-state index >= 15 is 0 Å². The Morgan fingerprint density at radius 3 is 2.95 bits per heavy atom. The van der Waals surface area contributed by atoms with Gasteiger partial charge in [-0.1, -0.05) is 24.3 Å². The Bertz CT molecular complexity index is 681. The van der Waals surface area contributed by atoms with E-state index in [2.05, 4.69) is 12.1 Å². The summed E-state index contributed by atoms with van der Waals surface area (Å²) in [6.07, 6.45) is 0. The van der Waals surface area contributed by atoms with Crippen molar-refractivity contribution in [2.75, 3.05) is 12.4 Å². The fourth-order valence-electron chi connectivity index (χ4n) is 2.48. The number of carboxylic acids is 1. The van der Waals surface area contributed by atoms with Crippen molar-refractivity contribution in [2.45, 2.75) is 17.7 Å². The molecule has 0 radical (unpaired) electrons. The van der Waals surface area contributed by atoms with Gasteiger partial charge in [0.05, 0.1) is 6.61 Å². The molecule has 1 unspecified atom stereocenters. The van der Waals surface area contributed by atoms with Gasteiger partial charge in [-0.25, -0.2) is 4.79 Å². The number of carboxylic acid groups (broad SMARTS) is 1. The van der Waals surface area contributed by atoms with Crippen molar-refractivity contribution in [1.29, 1.82) is 0 Å². The van der Waals surface area contributed by atoms with Crippen LogP contribution >= 0.6 is 11.8 Å². The minimum absolute atomic E-state index is 0.222. The third kappa shape index (κ3) is 2.90. The highest BCUT2D eigenvalue weighted by atomic mass is 32.2. The Balaban J connectivity index is 1.77. The highest BCUT2D eigenvalue weighted by molar-refractivity contribution is 7.99. The average molecular weight is 300 g/mol. The number of rotatable bonds is 4. The first-order chi connectivity index (χ1) is 10.1. The van der Waals surface area contributed by atoms with E-state index in [9.17, 15) is 9.90 Å². The van der Waals surface area contributed by atoms with E-state index in [-0.39, 0.29) is 5.56 Å². The summed E-state index contributed by atoms with van der Waals surface area (Å²) in [4.78, 5) is 12.5. The minimum Gasteiger partial charge on any atom is -0.492 e. The number of carbonyl (C=O) groups is 1. The minimum atomic E-state index is -0.953. The Kier molecular flexibility index (Phi) is 3.88. The normalized spacial score (nSPS) is 16.5. The van der Waals surface area contributed by atoms with Gasteiger partial charge in [-0.05, 0) is 36.2 Å².